The third kappa shape index (κ3) is 3.30. The predicted octanol–water partition coefficient (Wildman–Crippen LogP) is 2.49. The molecule has 1 aromatic carbocycles. The maximum Gasteiger partial charge on any atom is 0.241 e. The van der Waals surface area contributed by atoms with Crippen molar-refractivity contribution < 1.29 is 4.79 Å². The zero-order valence-electron chi connectivity index (χ0n) is 10.9. The van der Waals surface area contributed by atoms with Gasteiger partial charge < -0.3 is 11.1 Å². The van der Waals surface area contributed by atoms with Crippen molar-refractivity contribution in [2.45, 2.75) is 46.1 Å². The monoisotopic (exact) mass is 234 g/mol. The van der Waals surface area contributed by atoms with E-state index in [9.17, 15) is 4.79 Å². The molecule has 0 aliphatic heterocycles. The van der Waals surface area contributed by atoms with Crippen molar-refractivity contribution in [1.29, 1.82) is 0 Å². The van der Waals surface area contributed by atoms with E-state index in [2.05, 4.69) is 19.2 Å². The van der Waals surface area contributed by atoms with Crippen LogP contribution in [0, 0.1) is 0 Å². The summed E-state index contributed by atoms with van der Waals surface area (Å²) in [5.74, 6) is -0.0944. The number of nitrogens with two attached hydrogens (primary N) is 1. The van der Waals surface area contributed by atoms with Crippen molar-refractivity contribution in [3.8, 4) is 0 Å². The molecule has 3 N–H and O–H groups in total. The van der Waals surface area contributed by atoms with Crippen LogP contribution in [0.5, 0.6) is 0 Å². The number of aryl methyl sites for hydroxylation is 2. The molecule has 0 saturated carbocycles. The largest absolute Gasteiger partial charge is 0.324 e. The summed E-state index contributed by atoms with van der Waals surface area (Å²) in [5.41, 5.74) is 9.02. The van der Waals surface area contributed by atoms with Gasteiger partial charge in [0, 0.05) is 5.69 Å². The molecule has 0 radical (unpaired) electrons. The Morgan fingerprint density at radius 2 is 1.76 bits per heavy atom. The number of carbonyl (C=O) groups excluding carboxylic acids is 1. The molecule has 0 heterocycles. The molecule has 1 atom stereocenters. The van der Waals surface area contributed by atoms with Gasteiger partial charge >= 0.3 is 0 Å². The Morgan fingerprint density at radius 3 is 2.18 bits per heavy atom. The minimum atomic E-state index is -0.426. The highest BCUT2D eigenvalue weighted by Gasteiger charge is 2.14. The molecule has 0 fully saturated rings. The Balaban J connectivity index is 2.99. The first-order valence-electron chi connectivity index (χ1n) is 6.31. The highest BCUT2D eigenvalue weighted by Crippen LogP contribution is 2.22. The zero-order chi connectivity index (χ0) is 12.8. The lowest BCUT2D eigenvalue weighted by atomic mass is 10.0. The number of rotatable bonds is 5. The van der Waals surface area contributed by atoms with E-state index in [1.807, 2.05) is 25.1 Å². The normalized spacial score (nSPS) is 12.2. The van der Waals surface area contributed by atoms with E-state index in [-0.39, 0.29) is 5.91 Å². The molecule has 3 heteroatoms. The van der Waals surface area contributed by atoms with Crippen molar-refractivity contribution in [1.82, 2.24) is 0 Å². The molecule has 0 aromatic heterocycles. The maximum atomic E-state index is 11.8. The van der Waals surface area contributed by atoms with E-state index >= 15 is 0 Å². The summed E-state index contributed by atoms with van der Waals surface area (Å²) in [4.78, 5) is 11.8. The second kappa shape index (κ2) is 6.40. The molecule has 94 valence electrons. The third-order valence-corrected chi connectivity index (χ3v) is 3.02. The van der Waals surface area contributed by atoms with Crippen LogP contribution in [0.4, 0.5) is 5.69 Å². The number of para-hydroxylation sites is 1. The topological polar surface area (TPSA) is 55.1 Å². The highest BCUT2D eigenvalue weighted by atomic mass is 16.2. The molecule has 0 bridgehead atoms. The summed E-state index contributed by atoms with van der Waals surface area (Å²) >= 11 is 0. The Morgan fingerprint density at radius 1 is 1.24 bits per heavy atom. The van der Waals surface area contributed by atoms with Crippen molar-refractivity contribution in [2.75, 3.05) is 5.32 Å². The van der Waals surface area contributed by atoms with Crippen LogP contribution in [0.25, 0.3) is 0 Å². The first-order chi connectivity index (χ1) is 8.13. The first-order valence-corrected chi connectivity index (χ1v) is 6.31. The average molecular weight is 234 g/mol. The fourth-order valence-electron chi connectivity index (χ4n) is 1.80. The summed E-state index contributed by atoms with van der Waals surface area (Å²) in [5, 5.41) is 2.97. The molecular weight excluding hydrogens is 212 g/mol. The Bertz CT molecular complexity index is 366. The van der Waals surface area contributed by atoms with Gasteiger partial charge in [0.05, 0.1) is 6.04 Å². The van der Waals surface area contributed by atoms with Gasteiger partial charge in [0.2, 0.25) is 5.91 Å². The summed E-state index contributed by atoms with van der Waals surface area (Å²) in [7, 11) is 0. The van der Waals surface area contributed by atoms with E-state index in [1.165, 1.54) is 11.1 Å². The van der Waals surface area contributed by atoms with Gasteiger partial charge in [-0.1, -0.05) is 39.0 Å². The lowest BCUT2D eigenvalue weighted by Crippen LogP contribution is -2.35. The van der Waals surface area contributed by atoms with Gasteiger partial charge in [0.25, 0.3) is 0 Å². The number of amides is 1. The predicted molar refractivity (Wildman–Crippen MR) is 72.1 cm³/mol. The van der Waals surface area contributed by atoms with E-state index < -0.39 is 6.04 Å². The molecule has 0 aliphatic carbocycles. The molecule has 0 saturated heterocycles. The van der Waals surface area contributed by atoms with Crippen LogP contribution in [0.15, 0.2) is 18.2 Å². The van der Waals surface area contributed by atoms with Gasteiger partial charge in [0.15, 0.2) is 0 Å². The molecule has 1 rings (SSSR count). The van der Waals surface area contributed by atoms with Crippen molar-refractivity contribution in [2.24, 2.45) is 5.73 Å². The van der Waals surface area contributed by atoms with Gasteiger partial charge in [0.1, 0.15) is 0 Å². The SMILES string of the molecule is CCc1cccc(CC)c1NC(=O)[C@H](N)CC. The lowest BCUT2D eigenvalue weighted by Gasteiger charge is -2.16. The molecule has 0 unspecified atom stereocenters. The third-order valence-electron chi connectivity index (χ3n) is 3.02. The van der Waals surface area contributed by atoms with Gasteiger partial charge in [-0.15, -0.1) is 0 Å². The van der Waals surface area contributed by atoms with Crippen molar-refractivity contribution in [3.05, 3.63) is 29.3 Å². The smallest absolute Gasteiger partial charge is 0.241 e. The number of benzene rings is 1. The number of hydrogen-bond donors (Lipinski definition) is 2. The minimum Gasteiger partial charge on any atom is -0.324 e. The molecule has 1 amide bonds. The standard InChI is InChI=1S/C14H22N2O/c1-4-10-8-7-9-11(5-2)13(10)16-14(17)12(15)6-3/h7-9,12H,4-6,15H2,1-3H3,(H,16,17)/t12-/m1/s1. The second-order valence-corrected chi connectivity index (χ2v) is 4.16. The van der Waals surface area contributed by atoms with Crippen LogP contribution >= 0.6 is 0 Å². The Labute approximate surface area is 103 Å². The number of anilines is 1. The molecule has 3 nitrogen and oxygen atoms in total. The van der Waals surface area contributed by atoms with Crippen LogP contribution in [-0.4, -0.2) is 11.9 Å². The molecular formula is C14H22N2O. The highest BCUT2D eigenvalue weighted by molar-refractivity contribution is 5.96. The Hall–Kier alpha value is -1.35. The average Bonchev–Trinajstić information content (AvgIpc) is 2.37. The lowest BCUT2D eigenvalue weighted by molar-refractivity contribution is -0.117. The molecule has 17 heavy (non-hydrogen) atoms. The van der Waals surface area contributed by atoms with Gasteiger partial charge in [-0.05, 0) is 30.4 Å². The summed E-state index contributed by atoms with van der Waals surface area (Å²) in [6.45, 7) is 6.09. The fraction of sp³-hybridized carbons (Fsp3) is 0.500. The zero-order valence-corrected chi connectivity index (χ0v) is 10.9. The quantitative estimate of drug-likeness (QED) is 0.822. The van der Waals surface area contributed by atoms with E-state index in [0.29, 0.717) is 6.42 Å². The van der Waals surface area contributed by atoms with Gasteiger partial charge in [-0.3, -0.25) is 4.79 Å². The summed E-state index contributed by atoms with van der Waals surface area (Å²) < 4.78 is 0. The van der Waals surface area contributed by atoms with E-state index in [0.717, 1.165) is 18.5 Å². The fourth-order valence-corrected chi connectivity index (χ4v) is 1.80. The second-order valence-electron chi connectivity index (χ2n) is 4.16. The van der Waals surface area contributed by atoms with Crippen molar-refractivity contribution in [3.63, 3.8) is 0 Å². The number of hydrogen-bond acceptors (Lipinski definition) is 2. The first kappa shape index (κ1) is 13.7. The van der Waals surface area contributed by atoms with E-state index in [1.54, 1.807) is 0 Å². The van der Waals surface area contributed by atoms with Crippen LogP contribution < -0.4 is 11.1 Å². The van der Waals surface area contributed by atoms with Crippen LogP contribution in [-0.2, 0) is 17.6 Å². The van der Waals surface area contributed by atoms with Crippen LogP contribution in [0.3, 0.4) is 0 Å². The molecule has 1 aromatic rings. The van der Waals surface area contributed by atoms with Gasteiger partial charge in [-0.2, -0.15) is 0 Å². The number of carbonyl (C=O) groups is 1. The van der Waals surface area contributed by atoms with Crippen LogP contribution in [0.2, 0.25) is 0 Å². The minimum absolute atomic E-state index is 0.0944. The molecule has 0 aliphatic rings. The summed E-state index contributed by atoms with van der Waals surface area (Å²) in [6, 6.07) is 5.70. The Kier molecular flexibility index (Phi) is 5.16. The van der Waals surface area contributed by atoms with Gasteiger partial charge in [-0.25, -0.2) is 0 Å². The molecule has 0 spiro atoms. The van der Waals surface area contributed by atoms with Crippen molar-refractivity contribution >= 4 is 11.6 Å². The van der Waals surface area contributed by atoms with Crippen LogP contribution in [0.1, 0.15) is 38.3 Å². The number of nitrogens with one attached hydrogen (secondary N) is 1. The maximum absolute atomic E-state index is 11.8. The van der Waals surface area contributed by atoms with E-state index in [4.69, 9.17) is 5.73 Å². The summed E-state index contributed by atoms with van der Waals surface area (Å²) in [6.07, 6.45) is 2.47.